The molecule has 1 fully saturated rings. The van der Waals surface area contributed by atoms with Crippen molar-refractivity contribution in [1.29, 1.82) is 0 Å². The van der Waals surface area contributed by atoms with Crippen LogP contribution in [0.3, 0.4) is 0 Å². The lowest BCUT2D eigenvalue weighted by Crippen LogP contribution is -2.33. The highest BCUT2D eigenvalue weighted by molar-refractivity contribution is 8.18. The number of rotatable bonds is 4. The number of hydrogen-bond acceptors (Lipinski definition) is 6. The molecule has 2 heterocycles. The number of aliphatic imine (C=N–C) groups is 1. The molecule has 1 aromatic rings. The van der Waals surface area contributed by atoms with Gasteiger partial charge in [0, 0.05) is 18.7 Å². The maximum Gasteiger partial charge on any atom is 0.286 e. The zero-order chi connectivity index (χ0) is 17.8. The molecule has 2 aliphatic rings. The quantitative estimate of drug-likeness (QED) is 0.767. The maximum absolute atomic E-state index is 12.3. The fourth-order valence-corrected chi connectivity index (χ4v) is 3.95. The van der Waals surface area contributed by atoms with Crippen LogP contribution in [0.4, 0.5) is 0 Å². The number of hydrogen-bond donors (Lipinski definition) is 0. The van der Waals surface area contributed by atoms with Gasteiger partial charge in [-0.05, 0) is 49.2 Å². The van der Waals surface area contributed by atoms with Gasteiger partial charge >= 0.3 is 0 Å². The predicted molar refractivity (Wildman–Crippen MR) is 99.5 cm³/mol. The summed E-state index contributed by atoms with van der Waals surface area (Å²) in [5, 5.41) is 0.801. The van der Waals surface area contributed by atoms with Gasteiger partial charge in [0.05, 0.1) is 26.2 Å². The normalized spacial score (nSPS) is 19.2. The number of methoxy groups -OCH3 is 3. The summed E-state index contributed by atoms with van der Waals surface area (Å²) in [4.78, 5) is 19.3. The first-order valence-corrected chi connectivity index (χ1v) is 9.06. The van der Waals surface area contributed by atoms with Crippen molar-refractivity contribution < 1.29 is 19.0 Å². The van der Waals surface area contributed by atoms with Crippen LogP contribution in [0.25, 0.3) is 6.08 Å². The van der Waals surface area contributed by atoms with Gasteiger partial charge in [0.2, 0.25) is 5.75 Å². The van der Waals surface area contributed by atoms with Gasteiger partial charge in [-0.2, -0.15) is 4.99 Å². The maximum atomic E-state index is 12.3. The van der Waals surface area contributed by atoms with Crippen molar-refractivity contribution in [3.05, 3.63) is 22.6 Å². The Kier molecular flexibility index (Phi) is 5.53. The van der Waals surface area contributed by atoms with E-state index < -0.39 is 0 Å². The molecule has 0 saturated carbocycles. The Morgan fingerprint density at radius 2 is 1.76 bits per heavy atom. The van der Waals surface area contributed by atoms with Crippen molar-refractivity contribution in [2.75, 3.05) is 34.4 Å². The molecule has 0 N–H and O–H groups in total. The number of carbonyl (C=O) groups excluding carboxylic acids is 1. The van der Waals surface area contributed by atoms with Crippen molar-refractivity contribution in [2.45, 2.75) is 19.3 Å². The zero-order valence-corrected chi connectivity index (χ0v) is 15.5. The molecule has 0 spiro atoms. The summed E-state index contributed by atoms with van der Waals surface area (Å²) in [5.41, 5.74) is 0.756. The lowest BCUT2D eigenvalue weighted by atomic mass is 10.1. The molecular weight excluding hydrogens is 340 g/mol. The monoisotopic (exact) mass is 362 g/mol. The highest BCUT2D eigenvalue weighted by Crippen LogP contribution is 2.42. The summed E-state index contributed by atoms with van der Waals surface area (Å²) in [7, 11) is 4.70. The summed E-state index contributed by atoms with van der Waals surface area (Å²) >= 11 is 1.42. The van der Waals surface area contributed by atoms with Crippen LogP contribution in [0.15, 0.2) is 22.0 Å². The van der Waals surface area contributed by atoms with E-state index in [9.17, 15) is 4.79 Å². The molecule has 1 saturated heterocycles. The third-order valence-corrected chi connectivity index (χ3v) is 5.30. The van der Waals surface area contributed by atoms with Gasteiger partial charge in [-0.1, -0.05) is 0 Å². The molecule has 0 aliphatic carbocycles. The van der Waals surface area contributed by atoms with Crippen molar-refractivity contribution in [2.24, 2.45) is 4.99 Å². The molecule has 1 aromatic carbocycles. The third kappa shape index (κ3) is 3.61. The smallest absolute Gasteiger partial charge is 0.286 e. The summed E-state index contributed by atoms with van der Waals surface area (Å²) in [5.74, 6) is 1.42. The molecule has 0 radical (unpaired) electrons. The first kappa shape index (κ1) is 17.7. The van der Waals surface area contributed by atoms with Gasteiger partial charge in [-0.3, -0.25) is 4.79 Å². The van der Waals surface area contributed by atoms with Crippen molar-refractivity contribution in [1.82, 2.24) is 4.90 Å². The number of amides is 1. The number of benzene rings is 1. The van der Waals surface area contributed by atoms with Crippen molar-refractivity contribution in [3.63, 3.8) is 0 Å². The highest BCUT2D eigenvalue weighted by Gasteiger charge is 2.27. The molecule has 0 aromatic heterocycles. The van der Waals surface area contributed by atoms with E-state index in [4.69, 9.17) is 14.2 Å². The number of nitrogens with zero attached hydrogens (tertiary/aromatic N) is 2. The van der Waals surface area contributed by atoms with Gasteiger partial charge < -0.3 is 19.1 Å². The second kappa shape index (κ2) is 7.82. The van der Waals surface area contributed by atoms with Crippen molar-refractivity contribution in [3.8, 4) is 17.2 Å². The van der Waals surface area contributed by atoms with Crippen LogP contribution in [-0.2, 0) is 4.79 Å². The summed E-state index contributed by atoms with van der Waals surface area (Å²) < 4.78 is 16.2. The van der Waals surface area contributed by atoms with Crippen LogP contribution in [-0.4, -0.2) is 50.4 Å². The van der Waals surface area contributed by atoms with E-state index in [0.29, 0.717) is 22.2 Å². The minimum Gasteiger partial charge on any atom is -0.493 e. The lowest BCUT2D eigenvalue weighted by molar-refractivity contribution is -0.113. The second-order valence-corrected chi connectivity index (χ2v) is 6.79. The molecule has 134 valence electrons. The Labute approximate surface area is 151 Å². The van der Waals surface area contributed by atoms with Crippen LogP contribution in [0.2, 0.25) is 0 Å². The molecule has 0 unspecified atom stereocenters. The van der Waals surface area contributed by atoms with Crippen LogP contribution < -0.4 is 14.2 Å². The van der Waals surface area contributed by atoms with Crippen LogP contribution in [0.1, 0.15) is 24.8 Å². The molecule has 25 heavy (non-hydrogen) atoms. The van der Waals surface area contributed by atoms with E-state index in [-0.39, 0.29) is 5.91 Å². The highest BCUT2D eigenvalue weighted by atomic mass is 32.2. The summed E-state index contributed by atoms with van der Waals surface area (Å²) in [6, 6.07) is 3.64. The van der Waals surface area contributed by atoms with Gasteiger partial charge in [0.1, 0.15) is 0 Å². The molecule has 3 rings (SSSR count). The molecule has 2 aliphatic heterocycles. The molecule has 0 atom stereocenters. The van der Waals surface area contributed by atoms with E-state index >= 15 is 0 Å². The molecular formula is C18H22N2O4S. The van der Waals surface area contributed by atoms with E-state index in [2.05, 4.69) is 9.89 Å². The number of likely N-dealkylation sites (tertiary alicyclic amines) is 1. The first-order valence-electron chi connectivity index (χ1n) is 8.24. The van der Waals surface area contributed by atoms with Crippen LogP contribution >= 0.6 is 11.8 Å². The van der Waals surface area contributed by atoms with E-state index in [0.717, 1.165) is 36.7 Å². The fraction of sp³-hybridized carbons (Fsp3) is 0.444. The number of thioether (sulfide) groups is 1. The van der Waals surface area contributed by atoms with E-state index in [1.165, 1.54) is 18.2 Å². The summed E-state index contributed by atoms with van der Waals surface area (Å²) in [6.07, 6.45) is 5.34. The lowest BCUT2D eigenvalue weighted by Gasteiger charge is -2.27. The Bertz CT molecular complexity index is 724. The van der Waals surface area contributed by atoms with Crippen LogP contribution in [0.5, 0.6) is 17.2 Å². The number of ether oxygens (including phenoxy) is 3. The minimum atomic E-state index is -0.206. The third-order valence-electron chi connectivity index (χ3n) is 4.26. The number of amidine groups is 1. The van der Waals surface area contributed by atoms with Gasteiger partial charge in [0.25, 0.3) is 5.91 Å². The fourth-order valence-electron chi connectivity index (χ4n) is 3.00. The Balaban J connectivity index is 1.87. The molecule has 6 nitrogen and oxygen atoms in total. The number of carbonyl (C=O) groups is 1. The van der Waals surface area contributed by atoms with Gasteiger partial charge in [-0.25, -0.2) is 0 Å². The Morgan fingerprint density at radius 3 is 2.40 bits per heavy atom. The zero-order valence-electron chi connectivity index (χ0n) is 14.7. The van der Waals surface area contributed by atoms with Gasteiger partial charge in [0.15, 0.2) is 16.7 Å². The minimum absolute atomic E-state index is 0.206. The SMILES string of the molecule is COc1ccc(C=C2SC(N3CCCCC3)=NC2=O)c(OC)c1OC. The average Bonchev–Trinajstić information content (AvgIpc) is 3.02. The topological polar surface area (TPSA) is 60.4 Å². The predicted octanol–water partition coefficient (Wildman–Crippen LogP) is 3.17. The summed E-state index contributed by atoms with van der Waals surface area (Å²) in [6.45, 7) is 1.93. The van der Waals surface area contributed by atoms with E-state index in [1.807, 2.05) is 6.07 Å². The average molecular weight is 362 g/mol. The van der Waals surface area contributed by atoms with Crippen LogP contribution in [0, 0.1) is 0 Å². The Morgan fingerprint density at radius 1 is 1.04 bits per heavy atom. The Hall–Kier alpha value is -2.15. The molecule has 1 amide bonds. The largest absolute Gasteiger partial charge is 0.493 e. The number of piperidine rings is 1. The second-order valence-electron chi connectivity index (χ2n) is 5.78. The first-order chi connectivity index (χ1) is 12.2. The molecule has 7 heteroatoms. The standard InChI is InChI=1S/C18H22N2O4S/c1-22-13-8-7-12(15(23-2)16(13)24-3)11-14-17(21)19-18(25-14)20-9-5-4-6-10-20/h7-8,11H,4-6,9-10H2,1-3H3. The molecule has 0 bridgehead atoms. The van der Waals surface area contributed by atoms with E-state index in [1.54, 1.807) is 33.5 Å². The van der Waals surface area contributed by atoms with Crippen molar-refractivity contribution >= 4 is 28.9 Å². The van der Waals surface area contributed by atoms with Gasteiger partial charge in [-0.15, -0.1) is 0 Å².